The highest BCUT2D eigenvalue weighted by molar-refractivity contribution is 5.39. The summed E-state index contributed by atoms with van der Waals surface area (Å²) in [6, 6.07) is 4.30. The highest BCUT2D eigenvalue weighted by Gasteiger charge is 2.39. The van der Waals surface area contributed by atoms with Crippen molar-refractivity contribution >= 4 is 0 Å². The van der Waals surface area contributed by atoms with E-state index in [1.54, 1.807) is 6.07 Å². The van der Waals surface area contributed by atoms with Crippen LogP contribution in [0.2, 0.25) is 0 Å². The number of rotatable bonds is 3. The molecule has 1 heterocycles. The summed E-state index contributed by atoms with van der Waals surface area (Å²) in [7, 11) is 4.18. The van der Waals surface area contributed by atoms with Gasteiger partial charge in [0.1, 0.15) is 0 Å². The van der Waals surface area contributed by atoms with E-state index in [0.29, 0.717) is 0 Å². The first-order chi connectivity index (χ1) is 10.8. The zero-order valence-corrected chi connectivity index (χ0v) is 13.8. The molecule has 128 valence electrons. The SMILES string of the molecule is CN(C)C1(CC2CCc3ccc(C(F)(F)F)cc32)CCCNC1. The lowest BCUT2D eigenvalue weighted by molar-refractivity contribution is -0.137. The number of nitrogens with zero attached hydrogens (tertiary/aromatic N) is 1. The monoisotopic (exact) mass is 326 g/mol. The Bertz CT molecular complexity index is 560. The van der Waals surface area contributed by atoms with Crippen LogP contribution in [0.1, 0.15) is 48.3 Å². The Kier molecular flexibility index (Phi) is 4.45. The Morgan fingerprint density at radius 2 is 2.09 bits per heavy atom. The molecule has 0 aromatic heterocycles. The van der Waals surface area contributed by atoms with E-state index in [0.717, 1.165) is 56.3 Å². The van der Waals surface area contributed by atoms with E-state index in [9.17, 15) is 13.2 Å². The molecule has 1 saturated heterocycles. The summed E-state index contributed by atoms with van der Waals surface area (Å²) in [6.45, 7) is 1.96. The molecule has 1 aromatic rings. The summed E-state index contributed by atoms with van der Waals surface area (Å²) in [6.07, 6.45) is 0.772. The number of benzene rings is 1. The predicted octanol–water partition coefficient (Wildman–Crippen LogP) is 3.81. The molecule has 0 saturated carbocycles. The topological polar surface area (TPSA) is 15.3 Å². The molecule has 1 aliphatic heterocycles. The summed E-state index contributed by atoms with van der Waals surface area (Å²) < 4.78 is 39.1. The van der Waals surface area contributed by atoms with Crippen LogP contribution < -0.4 is 5.32 Å². The van der Waals surface area contributed by atoms with E-state index in [4.69, 9.17) is 0 Å². The number of hydrogen-bond acceptors (Lipinski definition) is 2. The molecule has 3 rings (SSSR count). The van der Waals surface area contributed by atoms with Crippen LogP contribution in [0, 0.1) is 0 Å². The number of hydrogen-bond donors (Lipinski definition) is 1. The quantitative estimate of drug-likeness (QED) is 0.909. The number of piperidine rings is 1. The first kappa shape index (κ1) is 16.8. The molecular formula is C18H25F3N2. The average Bonchev–Trinajstić information content (AvgIpc) is 2.89. The molecule has 1 N–H and O–H groups in total. The maximum Gasteiger partial charge on any atom is 0.416 e. The molecule has 2 atom stereocenters. The molecule has 1 fully saturated rings. The van der Waals surface area contributed by atoms with Gasteiger partial charge in [0.15, 0.2) is 0 Å². The van der Waals surface area contributed by atoms with Gasteiger partial charge in [-0.1, -0.05) is 6.07 Å². The summed E-state index contributed by atoms with van der Waals surface area (Å²) in [5, 5.41) is 3.47. The normalized spacial score (nSPS) is 28.2. The summed E-state index contributed by atoms with van der Waals surface area (Å²) in [4.78, 5) is 2.27. The van der Waals surface area contributed by atoms with E-state index in [-0.39, 0.29) is 11.5 Å². The van der Waals surface area contributed by atoms with Gasteiger partial charge in [0.25, 0.3) is 0 Å². The molecule has 1 aliphatic carbocycles. The van der Waals surface area contributed by atoms with E-state index in [1.165, 1.54) is 12.1 Å². The summed E-state index contributed by atoms with van der Waals surface area (Å²) in [5.74, 6) is 0.231. The Hall–Kier alpha value is -1.07. The number of fused-ring (bicyclic) bond motifs is 1. The lowest BCUT2D eigenvalue weighted by atomic mass is 9.78. The second kappa shape index (κ2) is 6.10. The van der Waals surface area contributed by atoms with Crippen molar-refractivity contribution in [2.45, 2.75) is 49.7 Å². The second-order valence-corrected chi connectivity index (χ2v) is 7.25. The lowest BCUT2D eigenvalue weighted by Gasteiger charge is -2.45. The van der Waals surface area contributed by atoms with Crippen molar-refractivity contribution in [3.8, 4) is 0 Å². The number of likely N-dealkylation sites (N-methyl/N-ethyl adjacent to an activating group) is 1. The standard InChI is InChI=1S/C18H25F3N2/c1-23(2)17(8-3-9-22-12-17)11-14-5-4-13-6-7-15(10-16(13)14)18(19,20)21/h6-7,10,14,22H,3-5,8-9,11-12H2,1-2H3. The van der Waals surface area contributed by atoms with Gasteiger partial charge in [-0.05, 0) is 81.9 Å². The minimum atomic E-state index is -4.26. The van der Waals surface area contributed by atoms with Crippen LogP contribution in [0.3, 0.4) is 0 Å². The molecule has 2 aliphatic rings. The van der Waals surface area contributed by atoms with Crippen molar-refractivity contribution in [1.29, 1.82) is 0 Å². The highest BCUT2D eigenvalue weighted by Crippen LogP contribution is 2.43. The van der Waals surface area contributed by atoms with E-state index in [2.05, 4.69) is 24.3 Å². The maximum absolute atomic E-state index is 13.0. The van der Waals surface area contributed by atoms with Crippen LogP contribution >= 0.6 is 0 Å². The number of aryl methyl sites for hydroxylation is 1. The van der Waals surface area contributed by atoms with E-state index < -0.39 is 11.7 Å². The van der Waals surface area contributed by atoms with Crippen molar-refractivity contribution in [3.63, 3.8) is 0 Å². The molecule has 0 amide bonds. The molecule has 0 spiro atoms. The van der Waals surface area contributed by atoms with Gasteiger partial charge >= 0.3 is 6.18 Å². The second-order valence-electron chi connectivity index (χ2n) is 7.25. The van der Waals surface area contributed by atoms with Gasteiger partial charge in [0, 0.05) is 12.1 Å². The van der Waals surface area contributed by atoms with Crippen molar-refractivity contribution < 1.29 is 13.2 Å². The summed E-state index contributed by atoms with van der Waals surface area (Å²) >= 11 is 0. The van der Waals surface area contributed by atoms with Crippen molar-refractivity contribution in [1.82, 2.24) is 10.2 Å². The largest absolute Gasteiger partial charge is 0.416 e. The van der Waals surface area contributed by atoms with E-state index in [1.807, 2.05) is 0 Å². The van der Waals surface area contributed by atoms with Crippen molar-refractivity contribution in [3.05, 3.63) is 34.9 Å². The fraction of sp³-hybridized carbons (Fsp3) is 0.667. The van der Waals surface area contributed by atoms with E-state index >= 15 is 0 Å². The highest BCUT2D eigenvalue weighted by atomic mass is 19.4. The van der Waals surface area contributed by atoms with Crippen molar-refractivity contribution in [2.24, 2.45) is 0 Å². The molecule has 2 nitrogen and oxygen atoms in total. The average molecular weight is 326 g/mol. The number of halogens is 3. The Morgan fingerprint density at radius 3 is 2.70 bits per heavy atom. The van der Waals surface area contributed by atoms with Gasteiger partial charge in [-0.25, -0.2) is 0 Å². The lowest BCUT2D eigenvalue weighted by Crippen LogP contribution is -2.55. The molecule has 1 aromatic carbocycles. The van der Waals surface area contributed by atoms with Gasteiger partial charge < -0.3 is 10.2 Å². The third-order valence-electron chi connectivity index (χ3n) is 5.70. The van der Waals surface area contributed by atoms with Gasteiger partial charge in [-0.3, -0.25) is 0 Å². The van der Waals surface area contributed by atoms with Gasteiger partial charge in [-0.15, -0.1) is 0 Å². The molecule has 2 unspecified atom stereocenters. The number of nitrogens with one attached hydrogen (secondary N) is 1. The fourth-order valence-corrected chi connectivity index (χ4v) is 4.23. The first-order valence-electron chi connectivity index (χ1n) is 8.40. The van der Waals surface area contributed by atoms with Crippen LogP contribution in [0.25, 0.3) is 0 Å². The minimum absolute atomic E-state index is 0.0543. The smallest absolute Gasteiger partial charge is 0.315 e. The maximum atomic E-state index is 13.0. The molecule has 5 heteroatoms. The molecule has 0 radical (unpaired) electrons. The molecule has 23 heavy (non-hydrogen) atoms. The van der Waals surface area contributed by atoms with Crippen LogP contribution in [0.4, 0.5) is 13.2 Å². The fourth-order valence-electron chi connectivity index (χ4n) is 4.23. The Balaban J connectivity index is 1.86. The van der Waals surface area contributed by atoms with Gasteiger partial charge in [-0.2, -0.15) is 13.2 Å². The van der Waals surface area contributed by atoms with Crippen LogP contribution in [0.15, 0.2) is 18.2 Å². The van der Waals surface area contributed by atoms with Crippen LogP contribution in [-0.4, -0.2) is 37.6 Å². The first-order valence-corrected chi connectivity index (χ1v) is 8.40. The van der Waals surface area contributed by atoms with Crippen molar-refractivity contribution in [2.75, 3.05) is 27.2 Å². The zero-order chi connectivity index (χ0) is 16.7. The van der Waals surface area contributed by atoms with Gasteiger partial charge in [0.2, 0.25) is 0 Å². The third-order valence-corrected chi connectivity index (χ3v) is 5.70. The minimum Gasteiger partial charge on any atom is -0.315 e. The molecule has 0 bridgehead atoms. The van der Waals surface area contributed by atoms with Gasteiger partial charge in [0.05, 0.1) is 5.56 Å². The zero-order valence-electron chi connectivity index (χ0n) is 13.8. The Labute approximate surface area is 136 Å². The van der Waals surface area contributed by atoms with Crippen LogP contribution in [-0.2, 0) is 12.6 Å². The molecular weight excluding hydrogens is 301 g/mol. The predicted molar refractivity (Wildman–Crippen MR) is 85.6 cm³/mol. The Morgan fingerprint density at radius 1 is 1.30 bits per heavy atom. The number of alkyl halides is 3. The van der Waals surface area contributed by atoms with Crippen LogP contribution in [0.5, 0.6) is 0 Å². The summed E-state index contributed by atoms with van der Waals surface area (Å²) in [5.41, 5.74) is 1.56. The third kappa shape index (κ3) is 3.26.